The highest BCUT2D eigenvalue weighted by molar-refractivity contribution is 5.89. The van der Waals surface area contributed by atoms with Crippen molar-refractivity contribution in [2.24, 2.45) is 5.92 Å². The van der Waals surface area contributed by atoms with Crippen LogP contribution < -0.4 is 20.7 Å². The second-order valence-electron chi connectivity index (χ2n) is 11.7. The van der Waals surface area contributed by atoms with Crippen LogP contribution in [-0.2, 0) is 32.1 Å². The second kappa shape index (κ2) is 14.1. The fraction of sp³-hybridized carbons (Fsp3) is 0.438. The van der Waals surface area contributed by atoms with Gasteiger partial charge in [-0.25, -0.2) is 4.79 Å². The van der Waals surface area contributed by atoms with Crippen LogP contribution in [-0.4, -0.2) is 72.1 Å². The number of fused-ring (bicyclic) bond motifs is 1. The summed E-state index contributed by atoms with van der Waals surface area (Å²) in [4.78, 5) is 56.4. The summed E-state index contributed by atoms with van der Waals surface area (Å²) in [6.07, 6.45) is 2.38. The van der Waals surface area contributed by atoms with Crippen LogP contribution in [0.3, 0.4) is 0 Å². The number of likely N-dealkylation sites (tertiary alicyclic amines) is 1. The molecule has 2 aromatic carbocycles. The number of ether oxygens (including phenoxy) is 2. The van der Waals surface area contributed by atoms with Gasteiger partial charge in [0.15, 0.2) is 0 Å². The van der Waals surface area contributed by atoms with Gasteiger partial charge in [0.25, 0.3) is 0 Å². The van der Waals surface area contributed by atoms with Gasteiger partial charge in [-0.15, -0.1) is 0 Å². The molecule has 0 saturated carbocycles. The zero-order valence-electron chi connectivity index (χ0n) is 25.2. The molecule has 4 rings (SSSR count). The fourth-order valence-corrected chi connectivity index (χ4v) is 5.17. The Morgan fingerprint density at radius 1 is 0.977 bits per heavy atom. The maximum absolute atomic E-state index is 13.7. The topological polar surface area (TPSA) is 142 Å². The Morgan fingerprint density at radius 2 is 1.67 bits per heavy atom. The highest BCUT2D eigenvalue weighted by Gasteiger charge is 2.33. The average molecular weight is 592 g/mol. The van der Waals surface area contributed by atoms with E-state index >= 15 is 0 Å². The minimum Gasteiger partial charge on any atom is -0.496 e. The largest absolute Gasteiger partial charge is 0.496 e. The number of hydrogen-bond donors (Lipinski definition) is 4. The third kappa shape index (κ3) is 8.73. The Morgan fingerprint density at radius 3 is 2.40 bits per heavy atom. The van der Waals surface area contributed by atoms with Crippen LogP contribution in [0.4, 0.5) is 4.79 Å². The molecule has 4 N–H and O–H groups in total. The number of H-pyrrole nitrogens is 1. The van der Waals surface area contributed by atoms with E-state index in [-0.39, 0.29) is 43.1 Å². The number of aromatic nitrogens is 1. The number of alkyl carbamates (subject to hydrolysis) is 1. The van der Waals surface area contributed by atoms with Crippen LogP contribution >= 0.6 is 0 Å². The van der Waals surface area contributed by atoms with Crippen LogP contribution in [0, 0.1) is 5.92 Å². The molecule has 1 unspecified atom stereocenters. The smallest absolute Gasteiger partial charge is 0.408 e. The Balaban J connectivity index is 1.30. The number of nitrogens with zero attached hydrogens (tertiary/aromatic N) is 1. The molecule has 43 heavy (non-hydrogen) atoms. The van der Waals surface area contributed by atoms with Crippen molar-refractivity contribution in [3.63, 3.8) is 0 Å². The van der Waals surface area contributed by atoms with Gasteiger partial charge in [-0.2, -0.15) is 0 Å². The van der Waals surface area contributed by atoms with Crippen LogP contribution in [0.2, 0.25) is 0 Å². The zero-order chi connectivity index (χ0) is 31.0. The van der Waals surface area contributed by atoms with Crippen molar-refractivity contribution in [1.29, 1.82) is 0 Å². The SMILES string of the molecule is COc1ccccc1CNC(=O)CNC(=O)C1CCN(C(=O)C(Cc2c[nH]c3ccccc23)NC(=O)OC(C)(C)C)CC1. The number of hydrogen-bond acceptors (Lipinski definition) is 6. The van der Waals surface area contributed by atoms with Crippen molar-refractivity contribution < 1.29 is 28.7 Å². The molecule has 1 aromatic heterocycles. The molecular formula is C32H41N5O6. The standard InChI is InChI=1S/C32H41N5O6/c1-32(2,3)43-31(41)36-26(17-23-19-33-25-11-7-6-10-24(23)25)30(40)37-15-13-21(14-16-37)29(39)35-20-28(38)34-18-22-9-5-8-12-27(22)42-4/h5-12,19,21,26,33H,13-18,20H2,1-4H3,(H,34,38)(H,35,39)(H,36,41). The molecule has 1 aliphatic heterocycles. The number of aromatic amines is 1. The molecule has 0 bridgehead atoms. The number of benzene rings is 2. The summed E-state index contributed by atoms with van der Waals surface area (Å²) in [5, 5.41) is 9.26. The molecule has 1 atom stereocenters. The van der Waals surface area contributed by atoms with Gasteiger partial charge in [-0.3, -0.25) is 14.4 Å². The van der Waals surface area contributed by atoms with Gasteiger partial charge >= 0.3 is 6.09 Å². The van der Waals surface area contributed by atoms with E-state index in [1.807, 2.05) is 54.7 Å². The average Bonchev–Trinajstić information content (AvgIpc) is 3.40. The van der Waals surface area contributed by atoms with Gasteiger partial charge in [0, 0.05) is 54.6 Å². The van der Waals surface area contributed by atoms with E-state index in [2.05, 4.69) is 20.9 Å². The maximum atomic E-state index is 13.7. The van der Waals surface area contributed by atoms with Gasteiger partial charge in [-0.05, 0) is 51.3 Å². The molecule has 1 fully saturated rings. The molecule has 0 spiro atoms. The number of rotatable bonds is 10. The van der Waals surface area contributed by atoms with E-state index in [0.717, 1.165) is 22.0 Å². The number of methoxy groups -OCH3 is 1. The van der Waals surface area contributed by atoms with Crippen molar-refractivity contribution in [3.8, 4) is 5.75 Å². The highest BCUT2D eigenvalue weighted by Crippen LogP contribution is 2.22. The van der Waals surface area contributed by atoms with E-state index in [0.29, 0.717) is 31.7 Å². The quantitative estimate of drug-likeness (QED) is 0.285. The van der Waals surface area contributed by atoms with E-state index in [4.69, 9.17) is 9.47 Å². The number of amides is 4. The Labute approximate surface area is 251 Å². The lowest BCUT2D eigenvalue weighted by atomic mass is 9.94. The van der Waals surface area contributed by atoms with Crippen molar-refractivity contribution in [2.45, 2.75) is 58.2 Å². The normalized spacial score (nSPS) is 14.6. The predicted octanol–water partition coefficient (Wildman–Crippen LogP) is 3.28. The summed E-state index contributed by atoms with van der Waals surface area (Å²) in [6.45, 7) is 6.17. The van der Waals surface area contributed by atoms with E-state index < -0.39 is 17.7 Å². The van der Waals surface area contributed by atoms with Gasteiger partial charge in [0.1, 0.15) is 17.4 Å². The lowest BCUT2D eigenvalue weighted by molar-refractivity contribution is -0.137. The van der Waals surface area contributed by atoms with Gasteiger partial charge in [-0.1, -0.05) is 36.4 Å². The van der Waals surface area contributed by atoms with Crippen LogP contribution in [0.25, 0.3) is 10.9 Å². The zero-order valence-corrected chi connectivity index (χ0v) is 25.2. The Kier molecular flexibility index (Phi) is 10.3. The van der Waals surface area contributed by atoms with Crippen LogP contribution in [0.15, 0.2) is 54.7 Å². The van der Waals surface area contributed by atoms with Crippen molar-refractivity contribution in [3.05, 3.63) is 65.9 Å². The molecule has 1 aliphatic rings. The first-order valence-corrected chi connectivity index (χ1v) is 14.5. The summed E-state index contributed by atoms with van der Waals surface area (Å²) in [5.41, 5.74) is 1.98. The van der Waals surface area contributed by atoms with Crippen LogP contribution in [0.1, 0.15) is 44.7 Å². The van der Waals surface area contributed by atoms with E-state index in [1.165, 1.54) is 0 Å². The van der Waals surface area contributed by atoms with Crippen molar-refractivity contribution in [2.75, 3.05) is 26.7 Å². The molecule has 0 radical (unpaired) electrons. The lowest BCUT2D eigenvalue weighted by Gasteiger charge is -2.34. The lowest BCUT2D eigenvalue weighted by Crippen LogP contribution is -2.53. The van der Waals surface area contributed by atoms with E-state index in [1.54, 1.807) is 32.8 Å². The Hall–Kier alpha value is -4.54. The molecular weight excluding hydrogens is 550 g/mol. The minimum atomic E-state index is -0.841. The predicted molar refractivity (Wildman–Crippen MR) is 162 cm³/mol. The van der Waals surface area contributed by atoms with Gasteiger partial charge in [0.2, 0.25) is 17.7 Å². The summed E-state index contributed by atoms with van der Waals surface area (Å²) < 4.78 is 10.7. The second-order valence-corrected chi connectivity index (χ2v) is 11.7. The minimum absolute atomic E-state index is 0.139. The monoisotopic (exact) mass is 591 g/mol. The van der Waals surface area contributed by atoms with Crippen LogP contribution in [0.5, 0.6) is 5.75 Å². The number of carbonyl (C=O) groups is 4. The molecule has 2 heterocycles. The summed E-state index contributed by atoms with van der Waals surface area (Å²) >= 11 is 0. The Bertz CT molecular complexity index is 1440. The maximum Gasteiger partial charge on any atom is 0.408 e. The number of piperidine rings is 1. The third-order valence-corrected chi connectivity index (χ3v) is 7.36. The summed E-state index contributed by atoms with van der Waals surface area (Å²) in [6, 6.07) is 14.3. The molecule has 0 aliphatic carbocycles. The molecule has 1 saturated heterocycles. The summed E-state index contributed by atoms with van der Waals surface area (Å²) in [7, 11) is 1.57. The van der Waals surface area contributed by atoms with Crippen molar-refractivity contribution >= 4 is 34.7 Å². The first kappa shape index (κ1) is 31.4. The first-order chi connectivity index (χ1) is 20.5. The number of carbonyl (C=O) groups excluding carboxylic acids is 4. The molecule has 4 amide bonds. The van der Waals surface area contributed by atoms with Gasteiger partial charge < -0.3 is 35.3 Å². The first-order valence-electron chi connectivity index (χ1n) is 14.5. The number of nitrogens with one attached hydrogen (secondary N) is 4. The summed E-state index contributed by atoms with van der Waals surface area (Å²) in [5.74, 6) is -0.400. The van der Waals surface area contributed by atoms with E-state index in [9.17, 15) is 19.2 Å². The molecule has 11 heteroatoms. The molecule has 230 valence electrons. The number of para-hydroxylation sites is 2. The van der Waals surface area contributed by atoms with Crippen molar-refractivity contribution in [1.82, 2.24) is 25.8 Å². The highest BCUT2D eigenvalue weighted by atomic mass is 16.6. The van der Waals surface area contributed by atoms with Gasteiger partial charge in [0.05, 0.1) is 13.7 Å². The molecule has 3 aromatic rings. The third-order valence-electron chi connectivity index (χ3n) is 7.36. The molecule has 11 nitrogen and oxygen atoms in total. The fourth-order valence-electron chi connectivity index (χ4n) is 5.17.